The van der Waals surface area contributed by atoms with Gasteiger partial charge in [0, 0.05) is 19.7 Å². The lowest BCUT2D eigenvalue weighted by Gasteiger charge is -2.33. The Bertz CT molecular complexity index is 550. The van der Waals surface area contributed by atoms with Gasteiger partial charge in [-0.2, -0.15) is 0 Å². The lowest BCUT2D eigenvalue weighted by Crippen LogP contribution is -2.41. The molecule has 1 aromatic rings. The van der Waals surface area contributed by atoms with Gasteiger partial charge in [-0.15, -0.1) is 0 Å². The van der Waals surface area contributed by atoms with Gasteiger partial charge >= 0.3 is 0 Å². The summed E-state index contributed by atoms with van der Waals surface area (Å²) in [5, 5.41) is 3.02. The number of aryl methyl sites for hydroxylation is 1. The van der Waals surface area contributed by atoms with Crippen LogP contribution in [0.2, 0.25) is 0 Å². The Morgan fingerprint density at radius 1 is 1.28 bits per heavy atom. The number of nitrogens with zero attached hydrogens (tertiary/aromatic N) is 1. The number of hydrogen-bond donors (Lipinski definition) is 1. The van der Waals surface area contributed by atoms with Gasteiger partial charge in [-0.1, -0.05) is 12.1 Å². The number of benzene rings is 1. The molecule has 5 nitrogen and oxygen atoms in total. The van der Waals surface area contributed by atoms with E-state index in [1.54, 1.807) is 0 Å². The summed E-state index contributed by atoms with van der Waals surface area (Å²) in [5.74, 6) is 2.01. The summed E-state index contributed by atoms with van der Waals surface area (Å²) in [6.45, 7) is 8.16. The van der Waals surface area contributed by atoms with Crippen molar-refractivity contribution in [3.05, 3.63) is 29.8 Å². The maximum Gasteiger partial charge on any atom is 0.257 e. The van der Waals surface area contributed by atoms with Gasteiger partial charge in [-0.3, -0.25) is 4.79 Å². The van der Waals surface area contributed by atoms with Gasteiger partial charge in [0.1, 0.15) is 5.75 Å². The van der Waals surface area contributed by atoms with Crippen LogP contribution in [0.15, 0.2) is 24.3 Å². The lowest BCUT2D eigenvalue weighted by molar-refractivity contribution is -0.123. The van der Waals surface area contributed by atoms with E-state index in [0.29, 0.717) is 5.92 Å². The minimum Gasteiger partial charge on any atom is -0.484 e. The maximum atomic E-state index is 12.0. The van der Waals surface area contributed by atoms with Crippen molar-refractivity contribution < 1.29 is 14.3 Å². The average molecular weight is 346 g/mol. The molecule has 1 amide bonds. The molecule has 1 atom stereocenters. The van der Waals surface area contributed by atoms with Gasteiger partial charge in [-0.25, -0.2) is 0 Å². The molecule has 0 aliphatic carbocycles. The zero-order valence-electron chi connectivity index (χ0n) is 15.2. The molecule has 0 aromatic heterocycles. The summed E-state index contributed by atoms with van der Waals surface area (Å²) < 4.78 is 11.0. The van der Waals surface area contributed by atoms with Crippen LogP contribution in [-0.4, -0.2) is 56.8 Å². The molecule has 138 valence electrons. The fourth-order valence-electron chi connectivity index (χ4n) is 3.63. The third kappa shape index (κ3) is 6.01. The molecule has 0 bridgehead atoms. The quantitative estimate of drug-likeness (QED) is 0.823. The van der Waals surface area contributed by atoms with E-state index in [9.17, 15) is 4.79 Å². The second-order valence-electron chi connectivity index (χ2n) is 7.38. The Labute approximate surface area is 150 Å². The minimum atomic E-state index is -0.0351. The molecule has 5 heteroatoms. The molecule has 1 aromatic carbocycles. The molecule has 2 aliphatic heterocycles. The van der Waals surface area contributed by atoms with Gasteiger partial charge in [-0.05, 0) is 68.8 Å². The SMILES string of the molecule is Cc1cccc(OCC(=O)NCC2CCN(CC3CCOC3)CC2)c1. The number of nitrogens with one attached hydrogen (secondary N) is 1. The first-order valence-corrected chi connectivity index (χ1v) is 9.45. The topological polar surface area (TPSA) is 50.8 Å². The number of hydrogen-bond acceptors (Lipinski definition) is 4. The molecular weight excluding hydrogens is 316 g/mol. The molecular formula is C20H30N2O3. The molecule has 2 heterocycles. The predicted molar refractivity (Wildman–Crippen MR) is 97.8 cm³/mol. The Balaban J connectivity index is 1.29. The number of rotatable bonds is 7. The van der Waals surface area contributed by atoms with Crippen molar-refractivity contribution in [3.8, 4) is 5.75 Å². The van der Waals surface area contributed by atoms with Crippen LogP contribution in [0.1, 0.15) is 24.8 Å². The Morgan fingerprint density at radius 2 is 2.12 bits per heavy atom. The Morgan fingerprint density at radius 3 is 2.84 bits per heavy atom. The normalized spacial score (nSPS) is 22.0. The van der Waals surface area contributed by atoms with Crippen molar-refractivity contribution in [2.24, 2.45) is 11.8 Å². The summed E-state index contributed by atoms with van der Waals surface area (Å²) in [6.07, 6.45) is 3.52. The van der Waals surface area contributed by atoms with E-state index in [1.165, 1.54) is 13.0 Å². The fourth-order valence-corrected chi connectivity index (χ4v) is 3.63. The first kappa shape index (κ1) is 18.2. The van der Waals surface area contributed by atoms with Crippen LogP contribution >= 0.6 is 0 Å². The second-order valence-corrected chi connectivity index (χ2v) is 7.38. The standard InChI is InChI=1S/C20H30N2O3/c1-16-3-2-4-19(11-16)25-15-20(23)21-12-17-5-8-22(9-6-17)13-18-7-10-24-14-18/h2-4,11,17-18H,5-10,12-15H2,1H3,(H,21,23). The molecule has 2 aliphatic rings. The monoisotopic (exact) mass is 346 g/mol. The van der Waals surface area contributed by atoms with Crippen LogP contribution in [-0.2, 0) is 9.53 Å². The summed E-state index contributed by atoms with van der Waals surface area (Å²) in [4.78, 5) is 14.5. The van der Waals surface area contributed by atoms with Gasteiger partial charge in [0.2, 0.25) is 0 Å². The first-order chi connectivity index (χ1) is 12.2. The van der Waals surface area contributed by atoms with E-state index < -0.39 is 0 Å². The zero-order valence-corrected chi connectivity index (χ0v) is 15.2. The molecule has 25 heavy (non-hydrogen) atoms. The summed E-state index contributed by atoms with van der Waals surface area (Å²) in [6, 6.07) is 7.77. The second kappa shape index (κ2) is 9.20. The van der Waals surface area contributed by atoms with E-state index in [-0.39, 0.29) is 12.5 Å². The Kier molecular flexibility index (Phi) is 6.70. The molecule has 0 spiro atoms. The third-order valence-corrected chi connectivity index (χ3v) is 5.19. The first-order valence-electron chi connectivity index (χ1n) is 9.45. The van der Waals surface area contributed by atoms with Crippen LogP contribution in [0.25, 0.3) is 0 Å². The van der Waals surface area contributed by atoms with Gasteiger partial charge in [0.15, 0.2) is 6.61 Å². The van der Waals surface area contributed by atoms with Gasteiger partial charge in [0.05, 0.1) is 6.61 Å². The maximum absolute atomic E-state index is 12.0. The van der Waals surface area contributed by atoms with Crippen molar-refractivity contribution in [1.82, 2.24) is 10.2 Å². The largest absolute Gasteiger partial charge is 0.484 e. The molecule has 2 fully saturated rings. The smallest absolute Gasteiger partial charge is 0.257 e. The van der Waals surface area contributed by atoms with E-state index in [4.69, 9.17) is 9.47 Å². The molecule has 1 unspecified atom stereocenters. The van der Waals surface area contributed by atoms with Crippen molar-refractivity contribution in [2.45, 2.75) is 26.2 Å². The highest BCUT2D eigenvalue weighted by atomic mass is 16.5. The van der Waals surface area contributed by atoms with Crippen LogP contribution in [0.5, 0.6) is 5.75 Å². The number of carbonyl (C=O) groups is 1. The molecule has 1 N–H and O–H groups in total. The number of amides is 1. The molecule has 0 radical (unpaired) electrons. The number of piperidine rings is 1. The van der Waals surface area contributed by atoms with Gasteiger partial charge < -0.3 is 19.7 Å². The van der Waals surface area contributed by atoms with Gasteiger partial charge in [0.25, 0.3) is 5.91 Å². The van der Waals surface area contributed by atoms with Crippen molar-refractivity contribution in [3.63, 3.8) is 0 Å². The minimum absolute atomic E-state index is 0.0351. The summed E-state index contributed by atoms with van der Waals surface area (Å²) >= 11 is 0. The molecule has 0 saturated carbocycles. The highest BCUT2D eigenvalue weighted by Crippen LogP contribution is 2.20. The van der Waals surface area contributed by atoms with Crippen molar-refractivity contribution in [2.75, 3.05) is 46.0 Å². The number of carbonyl (C=O) groups excluding carboxylic acids is 1. The van der Waals surface area contributed by atoms with E-state index in [2.05, 4.69) is 10.2 Å². The van der Waals surface area contributed by atoms with Crippen molar-refractivity contribution in [1.29, 1.82) is 0 Å². The third-order valence-electron chi connectivity index (χ3n) is 5.19. The molecule has 2 saturated heterocycles. The van der Waals surface area contributed by atoms with E-state index >= 15 is 0 Å². The highest BCUT2D eigenvalue weighted by Gasteiger charge is 2.24. The predicted octanol–water partition coefficient (Wildman–Crippen LogP) is 2.24. The number of ether oxygens (including phenoxy) is 2. The van der Waals surface area contributed by atoms with Crippen LogP contribution in [0.3, 0.4) is 0 Å². The van der Waals surface area contributed by atoms with Crippen LogP contribution in [0.4, 0.5) is 0 Å². The average Bonchev–Trinajstić information content (AvgIpc) is 3.12. The lowest BCUT2D eigenvalue weighted by atomic mass is 9.95. The number of likely N-dealkylation sites (tertiary alicyclic amines) is 1. The molecule has 3 rings (SSSR count). The van der Waals surface area contributed by atoms with Crippen LogP contribution < -0.4 is 10.1 Å². The Hall–Kier alpha value is -1.59. The van der Waals surface area contributed by atoms with E-state index in [1.807, 2.05) is 31.2 Å². The summed E-state index contributed by atoms with van der Waals surface area (Å²) in [7, 11) is 0. The highest BCUT2D eigenvalue weighted by molar-refractivity contribution is 5.77. The van der Waals surface area contributed by atoms with Crippen LogP contribution in [0, 0.1) is 18.8 Å². The summed E-state index contributed by atoms with van der Waals surface area (Å²) in [5.41, 5.74) is 1.13. The van der Waals surface area contributed by atoms with E-state index in [0.717, 1.165) is 62.9 Å². The zero-order chi connectivity index (χ0) is 17.5. The fraction of sp³-hybridized carbons (Fsp3) is 0.650. The van der Waals surface area contributed by atoms with Crippen molar-refractivity contribution >= 4 is 5.91 Å².